The van der Waals surface area contributed by atoms with Gasteiger partial charge in [0.25, 0.3) is 11.8 Å². The summed E-state index contributed by atoms with van der Waals surface area (Å²) in [4.78, 5) is 41.1. The minimum atomic E-state index is -0.190. The highest BCUT2D eigenvalue weighted by Gasteiger charge is 2.19. The number of hydrogen-bond acceptors (Lipinski definition) is 4. The van der Waals surface area contributed by atoms with Crippen LogP contribution in [0.15, 0.2) is 48.5 Å². The minimum Gasteiger partial charge on any atom is -0.376 e. The van der Waals surface area contributed by atoms with Gasteiger partial charge in [0.2, 0.25) is 5.91 Å². The van der Waals surface area contributed by atoms with Crippen LogP contribution in [0.2, 0.25) is 0 Å². The lowest BCUT2D eigenvalue weighted by molar-refractivity contribution is -0.114. The number of nitrogens with one attached hydrogen (secondary N) is 2. The molecule has 0 saturated carbocycles. The molecule has 0 aromatic heterocycles. The van der Waals surface area contributed by atoms with Gasteiger partial charge in [-0.05, 0) is 74.2 Å². The standard InChI is InChI=1S/C26H34N4O3/c1-3-15-29(16-4-2)25(32)21-9-13-23(14-10-21)28-24(31)19-27-22-11-7-20(8-12-22)26(33)30-17-5-6-18-30/h7-14,27H,3-6,15-19H2,1-2H3,(H,28,31). The van der Waals surface area contributed by atoms with E-state index in [4.69, 9.17) is 0 Å². The van der Waals surface area contributed by atoms with Crippen molar-refractivity contribution in [1.82, 2.24) is 9.80 Å². The van der Waals surface area contributed by atoms with Crippen LogP contribution in [0.3, 0.4) is 0 Å². The fourth-order valence-corrected chi connectivity index (χ4v) is 3.95. The normalized spacial score (nSPS) is 13.0. The van der Waals surface area contributed by atoms with Crippen LogP contribution >= 0.6 is 0 Å². The van der Waals surface area contributed by atoms with Gasteiger partial charge >= 0.3 is 0 Å². The Kier molecular flexibility index (Phi) is 8.87. The van der Waals surface area contributed by atoms with Crippen LogP contribution in [-0.4, -0.2) is 60.2 Å². The number of benzene rings is 2. The summed E-state index contributed by atoms with van der Waals surface area (Å²) < 4.78 is 0. The molecule has 1 aliphatic rings. The second-order valence-electron chi connectivity index (χ2n) is 8.35. The van der Waals surface area contributed by atoms with Crippen molar-refractivity contribution in [1.29, 1.82) is 0 Å². The quantitative estimate of drug-likeness (QED) is 0.567. The highest BCUT2D eigenvalue weighted by atomic mass is 16.2. The molecule has 176 valence electrons. The van der Waals surface area contributed by atoms with Gasteiger partial charge in [0, 0.05) is 48.7 Å². The van der Waals surface area contributed by atoms with Gasteiger partial charge in [-0.3, -0.25) is 14.4 Å². The second-order valence-corrected chi connectivity index (χ2v) is 8.35. The predicted molar refractivity (Wildman–Crippen MR) is 132 cm³/mol. The molecule has 1 fully saturated rings. The predicted octanol–water partition coefficient (Wildman–Crippen LogP) is 4.24. The van der Waals surface area contributed by atoms with Crippen LogP contribution in [-0.2, 0) is 4.79 Å². The average Bonchev–Trinajstić information content (AvgIpc) is 3.38. The number of anilines is 2. The van der Waals surface area contributed by atoms with Crippen molar-refractivity contribution in [3.63, 3.8) is 0 Å². The molecule has 0 spiro atoms. The monoisotopic (exact) mass is 450 g/mol. The molecule has 3 rings (SSSR count). The summed E-state index contributed by atoms with van der Waals surface area (Å²) >= 11 is 0. The first kappa shape index (κ1) is 24.3. The Morgan fingerprint density at radius 2 is 1.36 bits per heavy atom. The van der Waals surface area contributed by atoms with Gasteiger partial charge < -0.3 is 20.4 Å². The summed E-state index contributed by atoms with van der Waals surface area (Å²) in [5.41, 5.74) is 2.70. The molecule has 0 atom stereocenters. The zero-order valence-corrected chi connectivity index (χ0v) is 19.6. The van der Waals surface area contributed by atoms with E-state index >= 15 is 0 Å². The minimum absolute atomic E-state index is 0.0184. The van der Waals surface area contributed by atoms with Crippen LogP contribution in [0.5, 0.6) is 0 Å². The molecule has 2 aromatic rings. The smallest absolute Gasteiger partial charge is 0.253 e. The maximum absolute atomic E-state index is 12.7. The second kappa shape index (κ2) is 12.0. The van der Waals surface area contributed by atoms with E-state index in [1.165, 1.54) is 0 Å². The van der Waals surface area contributed by atoms with Gasteiger partial charge in [-0.15, -0.1) is 0 Å². The number of nitrogens with zero attached hydrogens (tertiary/aromatic N) is 2. The maximum atomic E-state index is 12.7. The summed E-state index contributed by atoms with van der Waals surface area (Å²) in [5.74, 6) is -0.110. The van der Waals surface area contributed by atoms with E-state index in [1.54, 1.807) is 36.4 Å². The van der Waals surface area contributed by atoms with E-state index in [0.29, 0.717) is 16.8 Å². The maximum Gasteiger partial charge on any atom is 0.253 e. The molecule has 33 heavy (non-hydrogen) atoms. The van der Waals surface area contributed by atoms with Gasteiger partial charge in [0.1, 0.15) is 0 Å². The van der Waals surface area contributed by atoms with E-state index < -0.39 is 0 Å². The molecule has 7 nitrogen and oxygen atoms in total. The Balaban J connectivity index is 1.48. The molecule has 1 saturated heterocycles. The van der Waals surface area contributed by atoms with E-state index in [2.05, 4.69) is 24.5 Å². The summed E-state index contributed by atoms with van der Waals surface area (Å²) in [6, 6.07) is 14.2. The van der Waals surface area contributed by atoms with E-state index in [1.807, 2.05) is 21.9 Å². The van der Waals surface area contributed by atoms with E-state index in [0.717, 1.165) is 57.5 Å². The first-order valence-corrected chi connectivity index (χ1v) is 11.8. The topological polar surface area (TPSA) is 81.8 Å². The SMILES string of the molecule is CCCN(CCC)C(=O)c1ccc(NC(=O)CNc2ccc(C(=O)N3CCCC3)cc2)cc1. The largest absolute Gasteiger partial charge is 0.376 e. The first-order chi connectivity index (χ1) is 16.0. The summed E-state index contributed by atoms with van der Waals surface area (Å²) in [6.45, 7) is 7.35. The zero-order valence-electron chi connectivity index (χ0n) is 19.6. The highest BCUT2D eigenvalue weighted by Crippen LogP contribution is 2.16. The third-order valence-corrected chi connectivity index (χ3v) is 5.67. The fourth-order valence-electron chi connectivity index (χ4n) is 3.95. The van der Waals surface area contributed by atoms with Gasteiger partial charge in [0.15, 0.2) is 0 Å². The highest BCUT2D eigenvalue weighted by molar-refractivity contribution is 5.97. The van der Waals surface area contributed by atoms with Gasteiger partial charge in [-0.2, -0.15) is 0 Å². The Hall–Kier alpha value is -3.35. The third kappa shape index (κ3) is 6.81. The van der Waals surface area contributed by atoms with Crippen molar-refractivity contribution < 1.29 is 14.4 Å². The number of hydrogen-bond donors (Lipinski definition) is 2. The molecule has 3 amide bonds. The number of carbonyl (C=O) groups is 3. The molecule has 1 heterocycles. The van der Waals surface area contributed by atoms with Crippen LogP contribution in [0.1, 0.15) is 60.2 Å². The molecule has 1 aliphatic heterocycles. The van der Waals surface area contributed by atoms with Crippen LogP contribution in [0, 0.1) is 0 Å². The Bertz CT molecular complexity index is 929. The summed E-state index contributed by atoms with van der Waals surface area (Å²) in [5, 5.41) is 5.91. The van der Waals surface area contributed by atoms with Crippen LogP contribution in [0.4, 0.5) is 11.4 Å². The molecule has 0 bridgehead atoms. The van der Waals surface area contributed by atoms with Crippen molar-refractivity contribution in [2.45, 2.75) is 39.5 Å². The number of rotatable bonds is 10. The van der Waals surface area contributed by atoms with Crippen molar-refractivity contribution in [2.24, 2.45) is 0 Å². The molecule has 0 unspecified atom stereocenters. The van der Waals surface area contributed by atoms with Crippen molar-refractivity contribution in [3.05, 3.63) is 59.7 Å². The Labute approximate surface area is 196 Å². The lowest BCUT2D eigenvalue weighted by atomic mass is 10.1. The number of likely N-dealkylation sites (tertiary alicyclic amines) is 1. The lowest BCUT2D eigenvalue weighted by Gasteiger charge is -2.21. The third-order valence-electron chi connectivity index (χ3n) is 5.67. The number of amides is 3. The first-order valence-electron chi connectivity index (χ1n) is 11.8. The number of carbonyl (C=O) groups excluding carboxylic acids is 3. The Morgan fingerprint density at radius 3 is 1.94 bits per heavy atom. The molecule has 2 aromatic carbocycles. The Morgan fingerprint density at radius 1 is 0.818 bits per heavy atom. The zero-order chi connectivity index (χ0) is 23.6. The molecule has 2 N–H and O–H groups in total. The fraction of sp³-hybridized carbons (Fsp3) is 0.423. The summed E-state index contributed by atoms with van der Waals surface area (Å²) in [7, 11) is 0. The molecule has 0 radical (unpaired) electrons. The van der Waals surface area contributed by atoms with Crippen molar-refractivity contribution in [2.75, 3.05) is 43.4 Å². The van der Waals surface area contributed by atoms with Crippen molar-refractivity contribution >= 4 is 29.1 Å². The lowest BCUT2D eigenvalue weighted by Crippen LogP contribution is -2.32. The van der Waals surface area contributed by atoms with E-state index in [9.17, 15) is 14.4 Å². The molecular formula is C26H34N4O3. The van der Waals surface area contributed by atoms with Crippen LogP contribution in [0.25, 0.3) is 0 Å². The van der Waals surface area contributed by atoms with E-state index in [-0.39, 0.29) is 24.3 Å². The molecule has 0 aliphatic carbocycles. The van der Waals surface area contributed by atoms with Gasteiger partial charge in [0.05, 0.1) is 6.54 Å². The van der Waals surface area contributed by atoms with Gasteiger partial charge in [-0.25, -0.2) is 0 Å². The molecule has 7 heteroatoms. The summed E-state index contributed by atoms with van der Waals surface area (Å²) in [6.07, 6.45) is 3.97. The van der Waals surface area contributed by atoms with Gasteiger partial charge in [-0.1, -0.05) is 13.8 Å². The average molecular weight is 451 g/mol. The molecular weight excluding hydrogens is 416 g/mol. The van der Waals surface area contributed by atoms with Crippen LogP contribution < -0.4 is 10.6 Å². The van der Waals surface area contributed by atoms with Crippen molar-refractivity contribution in [3.8, 4) is 0 Å².